The zero-order chi connectivity index (χ0) is 6.50. The van der Waals surface area contributed by atoms with Gasteiger partial charge in [-0.25, -0.2) is 0 Å². The van der Waals surface area contributed by atoms with E-state index in [1.54, 1.807) is 0 Å². The summed E-state index contributed by atoms with van der Waals surface area (Å²) >= 11 is 0. The van der Waals surface area contributed by atoms with Crippen molar-refractivity contribution >= 4 is 10.4 Å². The van der Waals surface area contributed by atoms with Gasteiger partial charge < -0.3 is 0 Å². The van der Waals surface area contributed by atoms with Crippen molar-refractivity contribution in [3.8, 4) is 0 Å². The summed E-state index contributed by atoms with van der Waals surface area (Å²) in [6, 6.07) is 0. The van der Waals surface area contributed by atoms with Gasteiger partial charge in [-0.15, -0.1) is 0 Å². The molecule has 0 heterocycles. The maximum atomic E-state index is 8.74. The molecule has 8 heteroatoms. The minimum Gasteiger partial charge on any atom is -0.264 e. The molecule has 0 bridgehead atoms. The van der Waals surface area contributed by atoms with Crippen LogP contribution in [0.5, 0.6) is 0 Å². The maximum Gasteiger partial charge on any atom is 0.394 e. The Morgan fingerprint density at radius 3 is 1.00 bits per heavy atom. The van der Waals surface area contributed by atoms with Crippen LogP contribution in [0.3, 0.4) is 0 Å². The van der Waals surface area contributed by atoms with E-state index in [1.165, 1.54) is 0 Å². The molecule has 0 rings (SSSR count). The van der Waals surface area contributed by atoms with Crippen molar-refractivity contribution in [2.24, 2.45) is 0 Å². The van der Waals surface area contributed by atoms with Crippen LogP contribution in [0.4, 0.5) is 0 Å². The molecule has 0 spiro atoms. The van der Waals surface area contributed by atoms with Gasteiger partial charge in [0.25, 0.3) is 0 Å². The molecular weight excluding hydrogens is 184 g/mol. The SMILES string of the molecule is O=S(=O)(O)O.OO.[Fe]. The quantitative estimate of drug-likeness (QED) is 0.174. The predicted molar refractivity (Wildman–Crippen MR) is 19.4 cm³/mol. The van der Waals surface area contributed by atoms with Crippen LogP contribution in [-0.4, -0.2) is 28.0 Å². The van der Waals surface area contributed by atoms with Crippen LogP contribution in [0.15, 0.2) is 0 Å². The Hall–Kier alpha value is 0.309. The maximum absolute atomic E-state index is 8.74. The first-order valence-corrected chi connectivity index (χ1v) is 2.30. The van der Waals surface area contributed by atoms with Gasteiger partial charge in [0.05, 0.1) is 0 Å². The summed E-state index contributed by atoms with van der Waals surface area (Å²) in [6.45, 7) is 0. The van der Waals surface area contributed by atoms with Crippen LogP contribution in [0.1, 0.15) is 0 Å². The van der Waals surface area contributed by atoms with Crippen LogP contribution in [0, 0.1) is 0 Å². The molecular formula is H4FeO6S. The Labute approximate surface area is 56.1 Å². The van der Waals surface area contributed by atoms with Gasteiger partial charge >= 0.3 is 10.4 Å². The fourth-order valence-electron chi connectivity index (χ4n) is 0. The Bertz CT molecular complexity index is 91.7. The van der Waals surface area contributed by atoms with E-state index in [1.807, 2.05) is 0 Å². The molecule has 0 aliphatic heterocycles. The Morgan fingerprint density at radius 2 is 1.00 bits per heavy atom. The van der Waals surface area contributed by atoms with Crippen LogP contribution >= 0.6 is 0 Å². The molecule has 0 saturated heterocycles. The predicted octanol–water partition coefficient (Wildman–Crippen LogP) is -0.638. The van der Waals surface area contributed by atoms with E-state index in [4.69, 9.17) is 28.0 Å². The second-order valence-electron chi connectivity index (χ2n) is 0.448. The molecule has 0 saturated carbocycles. The summed E-state index contributed by atoms with van der Waals surface area (Å²) in [5, 5.41) is 12.0. The van der Waals surface area contributed by atoms with Gasteiger partial charge in [-0.2, -0.15) is 8.42 Å². The van der Waals surface area contributed by atoms with Crippen LogP contribution in [-0.2, 0) is 27.5 Å². The molecule has 0 aliphatic carbocycles. The molecule has 0 unspecified atom stereocenters. The van der Waals surface area contributed by atoms with Gasteiger partial charge in [-0.05, 0) is 0 Å². The van der Waals surface area contributed by atoms with E-state index in [0.717, 1.165) is 0 Å². The largest absolute Gasteiger partial charge is 0.394 e. The summed E-state index contributed by atoms with van der Waals surface area (Å²) in [5.41, 5.74) is 0. The third kappa shape index (κ3) is 1860. The molecule has 0 fully saturated rings. The summed E-state index contributed by atoms with van der Waals surface area (Å²) in [5.74, 6) is 0. The average Bonchev–Trinajstić information content (AvgIpc) is 1.36. The zero-order valence-corrected chi connectivity index (χ0v) is 5.29. The number of rotatable bonds is 0. The number of hydrogen-bond acceptors (Lipinski definition) is 4. The molecule has 6 nitrogen and oxygen atoms in total. The molecule has 0 amide bonds. The normalized spacial score (nSPS) is 8.00. The fourth-order valence-corrected chi connectivity index (χ4v) is 0. The van der Waals surface area contributed by atoms with Gasteiger partial charge in [0.15, 0.2) is 0 Å². The molecule has 0 atom stereocenters. The second kappa shape index (κ2) is 7.31. The first kappa shape index (κ1) is 15.7. The second-order valence-corrected chi connectivity index (χ2v) is 1.34. The van der Waals surface area contributed by atoms with Crippen molar-refractivity contribution in [2.45, 2.75) is 0 Å². The topological polar surface area (TPSA) is 115 Å². The molecule has 0 aromatic rings. The van der Waals surface area contributed by atoms with Crippen molar-refractivity contribution in [3.63, 3.8) is 0 Å². The summed E-state index contributed by atoms with van der Waals surface area (Å²) in [6.07, 6.45) is 0. The van der Waals surface area contributed by atoms with E-state index in [9.17, 15) is 0 Å². The average molecular weight is 188 g/mol. The van der Waals surface area contributed by atoms with Crippen molar-refractivity contribution < 1.29 is 45.1 Å². The van der Waals surface area contributed by atoms with Gasteiger partial charge in [0.2, 0.25) is 0 Å². The van der Waals surface area contributed by atoms with E-state index in [2.05, 4.69) is 0 Å². The van der Waals surface area contributed by atoms with E-state index >= 15 is 0 Å². The molecule has 0 aromatic carbocycles. The Morgan fingerprint density at radius 1 is 1.00 bits per heavy atom. The Kier molecular flexibility index (Phi) is 14.4. The van der Waals surface area contributed by atoms with E-state index in [-0.39, 0.29) is 17.1 Å². The van der Waals surface area contributed by atoms with Crippen LogP contribution in [0.2, 0.25) is 0 Å². The van der Waals surface area contributed by atoms with E-state index < -0.39 is 10.4 Å². The third-order valence-corrected chi connectivity index (χ3v) is 0. The molecule has 8 heavy (non-hydrogen) atoms. The van der Waals surface area contributed by atoms with Gasteiger partial charge in [0.1, 0.15) is 0 Å². The van der Waals surface area contributed by atoms with Crippen molar-refractivity contribution in [1.29, 1.82) is 0 Å². The molecule has 0 radical (unpaired) electrons. The molecule has 0 aliphatic rings. The fraction of sp³-hybridized carbons (Fsp3) is 0. The standard InChI is InChI=1S/Fe.H2O4S.H2O2/c;1-5(2,3)4;1-2/h;(H2,1,2,3,4);1-2H. The van der Waals surface area contributed by atoms with Gasteiger partial charge in [-0.3, -0.25) is 19.6 Å². The minimum absolute atomic E-state index is 0. The van der Waals surface area contributed by atoms with Crippen LogP contribution < -0.4 is 0 Å². The van der Waals surface area contributed by atoms with Crippen molar-refractivity contribution in [3.05, 3.63) is 0 Å². The van der Waals surface area contributed by atoms with Crippen LogP contribution in [0.25, 0.3) is 0 Å². The molecule has 0 aromatic heterocycles. The monoisotopic (exact) mass is 188 g/mol. The molecule has 54 valence electrons. The summed E-state index contributed by atoms with van der Waals surface area (Å²) < 4.78 is 31.6. The van der Waals surface area contributed by atoms with Gasteiger partial charge in [-0.1, -0.05) is 0 Å². The molecule has 4 N–H and O–H groups in total. The number of hydrogen-bond donors (Lipinski definition) is 4. The van der Waals surface area contributed by atoms with Crippen molar-refractivity contribution in [1.82, 2.24) is 0 Å². The zero-order valence-electron chi connectivity index (χ0n) is 3.37. The third-order valence-electron chi connectivity index (χ3n) is 0. The summed E-state index contributed by atoms with van der Waals surface area (Å²) in [4.78, 5) is 0. The first-order valence-electron chi connectivity index (χ1n) is 0.898. The Balaban J connectivity index is -0.0000000750. The first-order chi connectivity index (χ1) is 3.00. The van der Waals surface area contributed by atoms with Crippen molar-refractivity contribution in [2.75, 3.05) is 0 Å². The smallest absolute Gasteiger partial charge is 0.264 e. The minimum atomic E-state index is -4.67. The van der Waals surface area contributed by atoms with E-state index in [0.29, 0.717) is 0 Å². The van der Waals surface area contributed by atoms with Gasteiger partial charge in [0, 0.05) is 17.1 Å². The summed E-state index contributed by atoms with van der Waals surface area (Å²) in [7, 11) is -4.67.